The Labute approximate surface area is 140 Å². The maximum Gasteiger partial charge on any atom is 0.104 e. The average Bonchev–Trinajstić information content (AvgIpc) is 2.95. The van der Waals surface area contributed by atoms with Crippen molar-refractivity contribution in [2.75, 3.05) is 11.1 Å². The van der Waals surface area contributed by atoms with Crippen LogP contribution in [0.25, 0.3) is 11.1 Å². The number of rotatable bonds is 4. The molecule has 0 aliphatic heterocycles. The minimum Gasteiger partial charge on any atom is -0.389 e. The Morgan fingerprint density at radius 2 is 1.78 bits per heavy atom. The van der Waals surface area contributed by atoms with Gasteiger partial charge in [-0.25, -0.2) is 0 Å². The first-order valence-corrected chi connectivity index (χ1v) is 8.22. The van der Waals surface area contributed by atoms with Crippen LogP contribution in [0.15, 0.2) is 53.9 Å². The van der Waals surface area contributed by atoms with Crippen LogP contribution in [0, 0.1) is 18.3 Å². The fraction of sp³-hybridized carbons (Fsp3) is 0.105. The summed E-state index contributed by atoms with van der Waals surface area (Å²) in [6.07, 6.45) is 0. The van der Waals surface area contributed by atoms with E-state index in [2.05, 4.69) is 42.6 Å². The number of thiophene rings is 1. The predicted octanol–water partition coefficient (Wildman–Crippen LogP) is 4.79. The summed E-state index contributed by atoms with van der Waals surface area (Å²) in [6, 6.07) is 18.7. The lowest BCUT2D eigenvalue weighted by Gasteiger charge is -2.08. The average molecular weight is 319 g/mol. The maximum atomic E-state index is 9.20. The highest BCUT2D eigenvalue weighted by Gasteiger charge is 2.10. The summed E-state index contributed by atoms with van der Waals surface area (Å²) in [5, 5.41) is 15.1. The first-order chi connectivity index (χ1) is 11.2. The standard InChI is InChI=1S/C19H17N3S/c1-13-2-4-14(5-3-13)11-22-16-8-6-15(7-9-16)18-12-23-19(21)17(18)10-20/h2-9,12,22H,11,21H2,1H3. The highest BCUT2D eigenvalue weighted by molar-refractivity contribution is 7.14. The van der Waals surface area contributed by atoms with Crippen LogP contribution in [0.4, 0.5) is 10.7 Å². The quantitative estimate of drug-likeness (QED) is 0.727. The first kappa shape index (κ1) is 15.1. The Bertz CT molecular complexity index is 840. The molecular weight excluding hydrogens is 302 g/mol. The number of nitrogens with two attached hydrogens (primary N) is 1. The van der Waals surface area contributed by atoms with Crippen LogP contribution in [0.2, 0.25) is 0 Å². The summed E-state index contributed by atoms with van der Waals surface area (Å²) < 4.78 is 0. The van der Waals surface area contributed by atoms with Crippen molar-refractivity contribution in [2.45, 2.75) is 13.5 Å². The Balaban J connectivity index is 1.72. The van der Waals surface area contributed by atoms with Gasteiger partial charge in [-0.1, -0.05) is 42.0 Å². The molecule has 23 heavy (non-hydrogen) atoms. The number of nitrogens with one attached hydrogen (secondary N) is 1. The molecule has 1 heterocycles. The molecule has 0 unspecified atom stereocenters. The summed E-state index contributed by atoms with van der Waals surface area (Å²) >= 11 is 1.40. The molecule has 1 aromatic heterocycles. The molecule has 3 rings (SSSR count). The van der Waals surface area contributed by atoms with E-state index in [4.69, 9.17) is 5.73 Å². The molecule has 0 atom stereocenters. The van der Waals surface area contributed by atoms with Crippen molar-refractivity contribution in [1.29, 1.82) is 5.26 Å². The van der Waals surface area contributed by atoms with Gasteiger partial charge in [0.25, 0.3) is 0 Å². The maximum absolute atomic E-state index is 9.20. The van der Waals surface area contributed by atoms with E-state index in [0.29, 0.717) is 10.6 Å². The Hall–Kier alpha value is -2.77. The molecule has 3 N–H and O–H groups in total. The number of nitrogens with zero attached hydrogens (tertiary/aromatic N) is 1. The number of benzene rings is 2. The number of nitriles is 1. The predicted molar refractivity (Wildman–Crippen MR) is 97.4 cm³/mol. The van der Waals surface area contributed by atoms with Gasteiger partial charge in [-0.05, 0) is 30.2 Å². The van der Waals surface area contributed by atoms with Crippen LogP contribution in [-0.4, -0.2) is 0 Å². The van der Waals surface area contributed by atoms with Crippen LogP contribution in [0.3, 0.4) is 0 Å². The Morgan fingerprint density at radius 3 is 2.43 bits per heavy atom. The van der Waals surface area contributed by atoms with Crippen molar-refractivity contribution in [3.05, 3.63) is 70.6 Å². The van der Waals surface area contributed by atoms with Gasteiger partial charge in [-0.3, -0.25) is 0 Å². The van der Waals surface area contributed by atoms with Crippen molar-refractivity contribution in [1.82, 2.24) is 0 Å². The van der Waals surface area contributed by atoms with E-state index in [-0.39, 0.29) is 0 Å². The molecule has 0 saturated heterocycles. The zero-order valence-corrected chi connectivity index (χ0v) is 13.7. The number of hydrogen-bond acceptors (Lipinski definition) is 4. The van der Waals surface area contributed by atoms with Crippen molar-refractivity contribution in [2.24, 2.45) is 0 Å². The number of aryl methyl sites for hydroxylation is 1. The van der Waals surface area contributed by atoms with Crippen LogP contribution in [0.5, 0.6) is 0 Å². The Kier molecular flexibility index (Phi) is 4.31. The molecule has 0 saturated carbocycles. The first-order valence-electron chi connectivity index (χ1n) is 7.34. The van der Waals surface area contributed by atoms with Gasteiger partial charge in [0.1, 0.15) is 11.1 Å². The lowest BCUT2D eigenvalue weighted by Crippen LogP contribution is -1.99. The Morgan fingerprint density at radius 1 is 1.09 bits per heavy atom. The molecule has 3 nitrogen and oxygen atoms in total. The van der Waals surface area contributed by atoms with Gasteiger partial charge in [0.2, 0.25) is 0 Å². The van der Waals surface area contributed by atoms with E-state index in [1.54, 1.807) is 0 Å². The fourth-order valence-electron chi connectivity index (χ4n) is 2.38. The van der Waals surface area contributed by atoms with E-state index in [0.717, 1.165) is 23.4 Å². The monoisotopic (exact) mass is 319 g/mol. The molecule has 2 aromatic carbocycles. The van der Waals surface area contributed by atoms with E-state index < -0.39 is 0 Å². The minimum absolute atomic E-state index is 0.565. The molecule has 0 bridgehead atoms. The van der Waals surface area contributed by atoms with Crippen LogP contribution >= 0.6 is 11.3 Å². The molecule has 0 radical (unpaired) electrons. The molecule has 0 fully saturated rings. The molecule has 3 aromatic rings. The van der Waals surface area contributed by atoms with Gasteiger partial charge in [-0.15, -0.1) is 11.3 Å². The van der Waals surface area contributed by atoms with Gasteiger partial charge in [0.15, 0.2) is 0 Å². The third-order valence-corrected chi connectivity index (χ3v) is 4.56. The summed E-state index contributed by atoms with van der Waals surface area (Å²) in [6.45, 7) is 2.87. The lowest BCUT2D eigenvalue weighted by molar-refractivity contribution is 1.14. The minimum atomic E-state index is 0.565. The third kappa shape index (κ3) is 3.36. The smallest absolute Gasteiger partial charge is 0.104 e. The summed E-state index contributed by atoms with van der Waals surface area (Å²) in [5.41, 5.74) is 11.9. The van der Waals surface area contributed by atoms with Crippen molar-refractivity contribution < 1.29 is 0 Å². The summed E-state index contributed by atoms with van der Waals surface area (Å²) in [4.78, 5) is 0. The van der Waals surface area contributed by atoms with Crippen LogP contribution < -0.4 is 11.1 Å². The van der Waals surface area contributed by atoms with Gasteiger partial charge >= 0.3 is 0 Å². The van der Waals surface area contributed by atoms with Gasteiger partial charge in [0, 0.05) is 23.2 Å². The molecule has 0 spiro atoms. The van der Waals surface area contributed by atoms with Gasteiger partial charge in [-0.2, -0.15) is 5.26 Å². The zero-order chi connectivity index (χ0) is 16.2. The van der Waals surface area contributed by atoms with E-state index in [1.807, 2.05) is 29.6 Å². The van der Waals surface area contributed by atoms with Crippen molar-refractivity contribution >= 4 is 22.0 Å². The molecule has 0 amide bonds. The second-order valence-corrected chi connectivity index (χ2v) is 6.33. The second kappa shape index (κ2) is 6.55. The highest BCUT2D eigenvalue weighted by atomic mass is 32.1. The van der Waals surface area contributed by atoms with Gasteiger partial charge in [0.05, 0.1) is 5.56 Å². The number of nitrogen functional groups attached to an aromatic ring is 1. The SMILES string of the molecule is Cc1ccc(CNc2ccc(-c3csc(N)c3C#N)cc2)cc1. The van der Waals surface area contributed by atoms with Crippen molar-refractivity contribution in [3.8, 4) is 17.2 Å². The van der Waals surface area contributed by atoms with E-state index >= 15 is 0 Å². The molecular formula is C19H17N3S. The lowest BCUT2D eigenvalue weighted by atomic mass is 10.0. The summed E-state index contributed by atoms with van der Waals surface area (Å²) in [7, 11) is 0. The highest BCUT2D eigenvalue weighted by Crippen LogP contribution is 2.33. The largest absolute Gasteiger partial charge is 0.389 e. The van der Waals surface area contributed by atoms with Crippen LogP contribution in [-0.2, 0) is 6.54 Å². The molecule has 4 heteroatoms. The molecule has 0 aliphatic rings. The topological polar surface area (TPSA) is 61.8 Å². The van der Waals surface area contributed by atoms with E-state index in [1.165, 1.54) is 22.5 Å². The summed E-state index contributed by atoms with van der Waals surface area (Å²) in [5.74, 6) is 0. The third-order valence-electron chi connectivity index (χ3n) is 3.74. The molecule has 114 valence electrons. The number of anilines is 2. The normalized spacial score (nSPS) is 10.3. The molecule has 0 aliphatic carbocycles. The van der Waals surface area contributed by atoms with Crippen molar-refractivity contribution in [3.63, 3.8) is 0 Å². The fourth-order valence-corrected chi connectivity index (χ4v) is 3.15. The van der Waals surface area contributed by atoms with Crippen LogP contribution in [0.1, 0.15) is 16.7 Å². The van der Waals surface area contributed by atoms with E-state index in [9.17, 15) is 5.26 Å². The second-order valence-electron chi connectivity index (χ2n) is 5.42. The zero-order valence-electron chi connectivity index (χ0n) is 12.8. The number of hydrogen-bond donors (Lipinski definition) is 2. The van der Waals surface area contributed by atoms with Gasteiger partial charge < -0.3 is 11.1 Å².